The molecule has 6 heteroatoms. The summed E-state index contributed by atoms with van der Waals surface area (Å²) in [5, 5.41) is 5.65. The Morgan fingerprint density at radius 3 is 2.78 bits per heavy atom. The number of ether oxygens (including phenoxy) is 1. The van der Waals surface area contributed by atoms with Gasteiger partial charge in [-0.2, -0.15) is 4.98 Å². The normalized spacial score (nSPS) is 11.0. The molecule has 0 fully saturated rings. The lowest BCUT2D eigenvalue weighted by molar-refractivity contribution is 0.105. The minimum absolute atomic E-state index is 0.00722. The molecule has 0 saturated carbocycles. The summed E-state index contributed by atoms with van der Waals surface area (Å²) in [5.74, 6) is 1.73. The highest BCUT2D eigenvalue weighted by atomic mass is 32.1. The fourth-order valence-electron chi connectivity index (χ4n) is 1.90. The molecule has 2 heterocycles. The molecule has 0 unspecified atom stereocenters. The summed E-state index contributed by atoms with van der Waals surface area (Å²) in [5.41, 5.74) is 0.928. The molecule has 0 aliphatic heterocycles. The van der Waals surface area contributed by atoms with E-state index in [1.807, 2.05) is 41.8 Å². The summed E-state index contributed by atoms with van der Waals surface area (Å²) >= 11 is 1.43. The molecule has 3 rings (SSSR count). The second-order valence-electron chi connectivity index (χ2n) is 4.76. The highest BCUT2D eigenvalue weighted by Gasteiger charge is 2.04. The van der Waals surface area contributed by atoms with Crippen molar-refractivity contribution in [2.75, 3.05) is 0 Å². The van der Waals surface area contributed by atoms with Crippen LogP contribution in [0.2, 0.25) is 0 Å². The molecule has 5 nitrogen and oxygen atoms in total. The summed E-state index contributed by atoms with van der Waals surface area (Å²) in [7, 11) is 0. The van der Waals surface area contributed by atoms with Gasteiger partial charge in [-0.15, -0.1) is 11.3 Å². The Morgan fingerprint density at radius 1 is 1.30 bits per heavy atom. The highest BCUT2D eigenvalue weighted by molar-refractivity contribution is 7.12. The number of nitrogens with zero attached hydrogens (tertiary/aromatic N) is 2. The third kappa shape index (κ3) is 4.14. The first-order chi connectivity index (χ1) is 11.2. The Bertz CT molecular complexity index is 805. The van der Waals surface area contributed by atoms with Crippen molar-refractivity contribution >= 4 is 23.2 Å². The zero-order valence-electron chi connectivity index (χ0n) is 12.4. The summed E-state index contributed by atoms with van der Waals surface area (Å²) in [6.45, 7) is 1.98. The number of aromatic nitrogens is 2. The molecular weight excluding hydrogens is 312 g/mol. The molecular formula is C17H14N2O3S. The Kier molecular flexibility index (Phi) is 4.63. The maximum atomic E-state index is 11.9. The Morgan fingerprint density at radius 2 is 2.13 bits per heavy atom. The number of allylic oxidation sites excluding steroid dienone is 1. The molecule has 3 aromatic rings. The zero-order valence-corrected chi connectivity index (χ0v) is 13.2. The van der Waals surface area contributed by atoms with Gasteiger partial charge in [0.15, 0.2) is 12.4 Å². The van der Waals surface area contributed by atoms with E-state index < -0.39 is 0 Å². The van der Waals surface area contributed by atoms with Gasteiger partial charge in [0.1, 0.15) is 5.75 Å². The van der Waals surface area contributed by atoms with Gasteiger partial charge in [0, 0.05) is 6.92 Å². The van der Waals surface area contributed by atoms with Crippen molar-refractivity contribution in [3.63, 3.8) is 0 Å². The molecule has 2 aromatic heterocycles. The molecule has 0 N–H and O–H groups in total. The van der Waals surface area contributed by atoms with Gasteiger partial charge in [0.05, 0.1) is 4.88 Å². The maximum Gasteiger partial charge on any atom is 0.223 e. The van der Waals surface area contributed by atoms with Gasteiger partial charge in [-0.25, -0.2) is 0 Å². The van der Waals surface area contributed by atoms with Crippen molar-refractivity contribution in [3.8, 4) is 5.75 Å². The topological polar surface area (TPSA) is 65.2 Å². The molecule has 0 bridgehead atoms. The lowest BCUT2D eigenvalue weighted by Crippen LogP contribution is -1.97. The highest BCUT2D eigenvalue weighted by Crippen LogP contribution is 2.16. The first kappa shape index (κ1) is 15.2. The van der Waals surface area contributed by atoms with Crippen molar-refractivity contribution < 1.29 is 14.1 Å². The molecule has 23 heavy (non-hydrogen) atoms. The van der Waals surface area contributed by atoms with Gasteiger partial charge < -0.3 is 9.26 Å². The van der Waals surface area contributed by atoms with Gasteiger partial charge in [-0.1, -0.05) is 29.4 Å². The van der Waals surface area contributed by atoms with Crippen LogP contribution in [0.4, 0.5) is 0 Å². The number of aryl methyl sites for hydroxylation is 1. The van der Waals surface area contributed by atoms with Crippen LogP contribution in [0.15, 0.2) is 52.4 Å². The second kappa shape index (κ2) is 7.02. The van der Waals surface area contributed by atoms with Crippen molar-refractivity contribution in [3.05, 3.63) is 70.0 Å². The average molecular weight is 326 g/mol. The van der Waals surface area contributed by atoms with Crippen molar-refractivity contribution in [2.45, 2.75) is 13.5 Å². The molecule has 0 aliphatic carbocycles. The van der Waals surface area contributed by atoms with Crippen LogP contribution < -0.4 is 4.74 Å². The summed E-state index contributed by atoms with van der Waals surface area (Å²) in [6, 6.07) is 11.1. The molecule has 0 amide bonds. The fourth-order valence-corrected chi connectivity index (χ4v) is 2.54. The van der Waals surface area contributed by atoms with E-state index in [0.29, 0.717) is 17.5 Å². The Labute approximate surface area is 137 Å². The summed E-state index contributed by atoms with van der Waals surface area (Å²) in [4.78, 5) is 16.7. The number of hydrogen-bond donors (Lipinski definition) is 0. The number of rotatable bonds is 6. The monoisotopic (exact) mass is 326 g/mol. The summed E-state index contributed by atoms with van der Waals surface area (Å²) < 4.78 is 10.4. The predicted octanol–water partition coefficient (Wildman–Crippen LogP) is 3.91. The predicted molar refractivity (Wildman–Crippen MR) is 87.5 cm³/mol. The number of ketones is 1. The zero-order chi connectivity index (χ0) is 16.1. The maximum absolute atomic E-state index is 11.9. The molecule has 0 atom stereocenters. The van der Waals surface area contributed by atoms with E-state index >= 15 is 0 Å². The van der Waals surface area contributed by atoms with E-state index in [1.54, 1.807) is 19.1 Å². The lowest BCUT2D eigenvalue weighted by Gasteiger charge is -2.03. The quantitative estimate of drug-likeness (QED) is 0.507. The van der Waals surface area contributed by atoms with Crippen molar-refractivity contribution in [1.29, 1.82) is 0 Å². The van der Waals surface area contributed by atoms with Gasteiger partial charge in [0.25, 0.3) is 0 Å². The van der Waals surface area contributed by atoms with Gasteiger partial charge in [-0.05, 0) is 35.2 Å². The van der Waals surface area contributed by atoms with Crippen LogP contribution in [0.3, 0.4) is 0 Å². The Balaban J connectivity index is 1.57. The first-order valence-corrected chi connectivity index (χ1v) is 7.86. The first-order valence-electron chi connectivity index (χ1n) is 6.99. The molecule has 0 aliphatic rings. The van der Waals surface area contributed by atoms with E-state index in [-0.39, 0.29) is 12.4 Å². The lowest BCUT2D eigenvalue weighted by atomic mass is 10.2. The van der Waals surface area contributed by atoms with Gasteiger partial charge in [0.2, 0.25) is 11.7 Å². The van der Waals surface area contributed by atoms with Crippen LogP contribution in [-0.4, -0.2) is 15.9 Å². The van der Waals surface area contributed by atoms with E-state index in [2.05, 4.69) is 10.1 Å². The number of hydrogen-bond acceptors (Lipinski definition) is 6. The van der Waals surface area contributed by atoms with Crippen LogP contribution in [-0.2, 0) is 6.61 Å². The minimum atomic E-state index is 0.00722. The van der Waals surface area contributed by atoms with E-state index in [4.69, 9.17) is 9.26 Å². The van der Waals surface area contributed by atoms with Gasteiger partial charge in [-0.3, -0.25) is 4.79 Å². The molecule has 1 aromatic carbocycles. The van der Waals surface area contributed by atoms with Crippen molar-refractivity contribution in [2.24, 2.45) is 0 Å². The molecule has 116 valence electrons. The van der Waals surface area contributed by atoms with Crippen LogP contribution in [0.5, 0.6) is 5.75 Å². The van der Waals surface area contributed by atoms with E-state index in [1.165, 1.54) is 11.3 Å². The molecule has 0 radical (unpaired) electrons. The standard InChI is InChI=1S/C17H14N2O3S/c1-12-18-17(19-22-12)11-21-14-7-4-13(5-8-14)6-9-15(20)16-3-2-10-23-16/h2-10H,11H2,1H3. The third-order valence-corrected chi connectivity index (χ3v) is 3.89. The number of benzene rings is 1. The SMILES string of the molecule is Cc1nc(COc2ccc(C=CC(=O)c3cccs3)cc2)no1. The van der Waals surface area contributed by atoms with Gasteiger partial charge >= 0.3 is 0 Å². The molecule has 0 saturated heterocycles. The minimum Gasteiger partial charge on any atom is -0.485 e. The Hall–Kier alpha value is -2.73. The van der Waals surface area contributed by atoms with Crippen LogP contribution in [0.25, 0.3) is 6.08 Å². The van der Waals surface area contributed by atoms with Crippen LogP contribution in [0.1, 0.15) is 27.0 Å². The number of thiophene rings is 1. The van der Waals surface area contributed by atoms with E-state index in [9.17, 15) is 4.79 Å². The van der Waals surface area contributed by atoms with Crippen LogP contribution >= 0.6 is 11.3 Å². The largest absolute Gasteiger partial charge is 0.485 e. The smallest absolute Gasteiger partial charge is 0.223 e. The molecule has 0 spiro atoms. The number of carbonyl (C=O) groups is 1. The second-order valence-corrected chi connectivity index (χ2v) is 5.71. The van der Waals surface area contributed by atoms with E-state index in [0.717, 1.165) is 10.4 Å². The third-order valence-electron chi connectivity index (χ3n) is 3.01. The van der Waals surface area contributed by atoms with Crippen molar-refractivity contribution in [1.82, 2.24) is 10.1 Å². The fraction of sp³-hybridized carbons (Fsp3) is 0.118. The number of carbonyl (C=O) groups excluding carboxylic acids is 1. The van der Waals surface area contributed by atoms with Crippen LogP contribution in [0, 0.1) is 6.92 Å². The summed E-state index contributed by atoms with van der Waals surface area (Å²) in [6.07, 6.45) is 3.36. The average Bonchev–Trinajstić information content (AvgIpc) is 3.23.